The molecule has 0 spiro atoms. The lowest BCUT2D eigenvalue weighted by Crippen LogP contribution is -2.43. The summed E-state index contributed by atoms with van der Waals surface area (Å²) in [7, 11) is 0. The molecule has 2 atom stereocenters. The quantitative estimate of drug-likeness (QED) is 0.727. The fourth-order valence-corrected chi connectivity index (χ4v) is 2.41. The maximum absolute atomic E-state index is 11.0. The zero-order valence-electron chi connectivity index (χ0n) is 10.9. The molecule has 1 aliphatic rings. The number of rotatable bonds is 7. The average Bonchev–Trinajstić information content (AvgIpc) is 2.94. The van der Waals surface area contributed by atoms with E-state index in [1.54, 1.807) is 0 Å². The molecule has 3 heteroatoms. The van der Waals surface area contributed by atoms with Gasteiger partial charge in [-0.05, 0) is 38.0 Å². The lowest BCUT2D eigenvalue weighted by Gasteiger charge is -2.29. The molecular formula is C13H25NO2. The van der Waals surface area contributed by atoms with Crippen LogP contribution in [0, 0.1) is 11.8 Å². The zero-order chi connectivity index (χ0) is 12.3. The minimum Gasteiger partial charge on any atom is -0.480 e. The van der Waals surface area contributed by atoms with Gasteiger partial charge in [0.15, 0.2) is 0 Å². The number of aliphatic carboxylic acids is 1. The number of carbonyl (C=O) groups is 1. The smallest absolute Gasteiger partial charge is 0.320 e. The maximum Gasteiger partial charge on any atom is 0.320 e. The highest BCUT2D eigenvalue weighted by Crippen LogP contribution is 2.30. The van der Waals surface area contributed by atoms with E-state index in [1.807, 2.05) is 6.92 Å². The third-order valence-electron chi connectivity index (χ3n) is 3.27. The van der Waals surface area contributed by atoms with Gasteiger partial charge in [-0.1, -0.05) is 20.8 Å². The minimum absolute atomic E-state index is 0.331. The molecule has 0 aromatic heterocycles. The Balaban J connectivity index is 2.47. The number of carboxylic acids is 1. The highest BCUT2D eigenvalue weighted by molar-refractivity contribution is 5.73. The van der Waals surface area contributed by atoms with E-state index < -0.39 is 5.97 Å². The van der Waals surface area contributed by atoms with Crippen molar-refractivity contribution in [1.29, 1.82) is 0 Å². The second kappa shape index (κ2) is 5.67. The third kappa shape index (κ3) is 4.12. The standard InChI is InChI=1S/C13H25NO2/c1-9(2)7-10(3)8-14(12-5-6-12)11(4)13(15)16/h9-12H,5-8H2,1-4H3,(H,15,16). The van der Waals surface area contributed by atoms with Gasteiger partial charge in [0.25, 0.3) is 0 Å². The molecule has 0 radical (unpaired) electrons. The van der Waals surface area contributed by atoms with Gasteiger partial charge in [-0.3, -0.25) is 9.69 Å². The lowest BCUT2D eigenvalue weighted by molar-refractivity contribution is -0.143. The lowest BCUT2D eigenvalue weighted by atomic mass is 9.98. The largest absolute Gasteiger partial charge is 0.480 e. The molecular weight excluding hydrogens is 202 g/mol. The van der Waals surface area contributed by atoms with Gasteiger partial charge in [0, 0.05) is 12.6 Å². The number of hydrogen-bond acceptors (Lipinski definition) is 2. The summed E-state index contributed by atoms with van der Waals surface area (Å²) in [5.74, 6) is 0.585. The molecule has 16 heavy (non-hydrogen) atoms. The van der Waals surface area contributed by atoms with Crippen molar-refractivity contribution < 1.29 is 9.90 Å². The van der Waals surface area contributed by atoms with Crippen molar-refractivity contribution in [3.63, 3.8) is 0 Å². The van der Waals surface area contributed by atoms with Gasteiger partial charge in [0.2, 0.25) is 0 Å². The SMILES string of the molecule is CC(C)CC(C)CN(C1CC1)C(C)C(=O)O. The van der Waals surface area contributed by atoms with Crippen molar-refractivity contribution in [2.24, 2.45) is 11.8 Å². The summed E-state index contributed by atoms with van der Waals surface area (Å²) in [6, 6.07) is 0.197. The van der Waals surface area contributed by atoms with E-state index in [4.69, 9.17) is 5.11 Å². The van der Waals surface area contributed by atoms with Gasteiger partial charge in [0.05, 0.1) is 0 Å². The Morgan fingerprint density at radius 1 is 1.31 bits per heavy atom. The fraction of sp³-hybridized carbons (Fsp3) is 0.923. The second-order valence-corrected chi connectivity index (χ2v) is 5.68. The van der Waals surface area contributed by atoms with Crippen LogP contribution in [0.1, 0.15) is 47.0 Å². The van der Waals surface area contributed by atoms with Gasteiger partial charge in [0.1, 0.15) is 6.04 Å². The summed E-state index contributed by atoms with van der Waals surface area (Å²) in [6.07, 6.45) is 3.52. The fourth-order valence-electron chi connectivity index (χ4n) is 2.41. The van der Waals surface area contributed by atoms with Crippen LogP contribution in [-0.2, 0) is 4.79 Å². The first-order chi connectivity index (χ1) is 7.41. The van der Waals surface area contributed by atoms with E-state index in [-0.39, 0.29) is 6.04 Å². The second-order valence-electron chi connectivity index (χ2n) is 5.68. The van der Waals surface area contributed by atoms with Crippen molar-refractivity contribution in [3.05, 3.63) is 0 Å². The molecule has 94 valence electrons. The van der Waals surface area contributed by atoms with Crippen LogP contribution in [0.25, 0.3) is 0 Å². The summed E-state index contributed by atoms with van der Waals surface area (Å²) < 4.78 is 0. The third-order valence-corrected chi connectivity index (χ3v) is 3.27. The zero-order valence-corrected chi connectivity index (χ0v) is 10.9. The van der Waals surface area contributed by atoms with Gasteiger partial charge in [-0.2, -0.15) is 0 Å². The van der Waals surface area contributed by atoms with Crippen molar-refractivity contribution >= 4 is 5.97 Å². The molecule has 0 aromatic carbocycles. The van der Waals surface area contributed by atoms with Crippen LogP contribution in [-0.4, -0.2) is 34.6 Å². The summed E-state index contributed by atoms with van der Waals surface area (Å²) in [4.78, 5) is 13.2. The predicted molar refractivity (Wildman–Crippen MR) is 65.4 cm³/mol. The normalized spacial score (nSPS) is 20.1. The van der Waals surface area contributed by atoms with E-state index in [1.165, 1.54) is 19.3 Å². The molecule has 0 aliphatic heterocycles. The molecule has 0 saturated heterocycles. The Kier molecular flexibility index (Phi) is 4.78. The van der Waals surface area contributed by atoms with E-state index in [0.29, 0.717) is 17.9 Å². The Morgan fingerprint density at radius 2 is 1.88 bits per heavy atom. The molecule has 0 heterocycles. The summed E-state index contributed by atoms with van der Waals surface area (Å²) in [5.41, 5.74) is 0. The molecule has 1 aliphatic carbocycles. The molecule has 0 amide bonds. The first kappa shape index (κ1) is 13.5. The monoisotopic (exact) mass is 227 g/mol. The summed E-state index contributed by atoms with van der Waals surface area (Å²) in [6.45, 7) is 9.40. The van der Waals surface area contributed by atoms with Crippen molar-refractivity contribution in [2.45, 2.75) is 59.0 Å². The van der Waals surface area contributed by atoms with Crippen LogP contribution < -0.4 is 0 Å². The molecule has 0 aromatic rings. The van der Waals surface area contributed by atoms with E-state index in [9.17, 15) is 4.79 Å². The van der Waals surface area contributed by atoms with Crippen molar-refractivity contribution in [1.82, 2.24) is 4.90 Å². The first-order valence-corrected chi connectivity index (χ1v) is 6.40. The van der Waals surface area contributed by atoms with Crippen LogP contribution in [0.4, 0.5) is 0 Å². The molecule has 0 bridgehead atoms. The van der Waals surface area contributed by atoms with Crippen LogP contribution in [0.2, 0.25) is 0 Å². The molecule has 1 fully saturated rings. The Bertz CT molecular complexity index is 236. The van der Waals surface area contributed by atoms with Crippen LogP contribution >= 0.6 is 0 Å². The molecule has 1 rings (SSSR count). The van der Waals surface area contributed by atoms with E-state index in [2.05, 4.69) is 25.7 Å². The number of carboxylic acid groups (broad SMARTS) is 1. The Morgan fingerprint density at radius 3 is 2.25 bits per heavy atom. The van der Waals surface area contributed by atoms with E-state index in [0.717, 1.165) is 6.54 Å². The van der Waals surface area contributed by atoms with Crippen molar-refractivity contribution in [2.75, 3.05) is 6.54 Å². The summed E-state index contributed by atoms with van der Waals surface area (Å²) in [5, 5.41) is 9.08. The Hall–Kier alpha value is -0.570. The van der Waals surface area contributed by atoms with E-state index >= 15 is 0 Å². The Labute approximate surface area is 98.8 Å². The molecule has 3 nitrogen and oxygen atoms in total. The van der Waals surface area contributed by atoms with Crippen molar-refractivity contribution in [3.8, 4) is 0 Å². The highest BCUT2D eigenvalue weighted by Gasteiger charge is 2.35. The first-order valence-electron chi connectivity index (χ1n) is 6.40. The average molecular weight is 227 g/mol. The molecule has 1 N–H and O–H groups in total. The highest BCUT2D eigenvalue weighted by atomic mass is 16.4. The molecule has 2 unspecified atom stereocenters. The number of nitrogens with zero attached hydrogens (tertiary/aromatic N) is 1. The summed E-state index contributed by atoms with van der Waals surface area (Å²) >= 11 is 0. The predicted octanol–water partition coefficient (Wildman–Crippen LogP) is 2.61. The van der Waals surface area contributed by atoms with Crippen LogP contribution in [0.3, 0.4) is 0 Å². The van der Waals surface area contributed by atoms with Crippen LogP contribution in [0.5, 0.6) is 0 Å². The van der Waals surface area contributed by atoms with Gasteiger partial charge in [-0.15, -0.1) is 0 Å². The van der Waals surface area contributed by atoms with Crippen LogP contribution in [0.15, 0.2) is 0 Å². The maximum atomic E-state index is 11.0. The molecule has 1 saturated carbocycles. The van der Waals surface area contributed by atoms with Gasteiger partial charge in [-0.25, -0.2) is 0 Å². The van der Waals surface area contributed by atoms with Gasteiger partial charge < -0.3 is 5.11 Å². The topological polar surface area (TPSA) is 40.5 Å². The van der Waals surface area contributed by atoms with Gasteiger partial charge >= 0.3 is 5.97 Å². The number of hydrogen-bond donors (Lipinski definition) is 1. The minimum atomic E-state index is -0.691.